The van der Waals surface area contributed by atoms with E-state index in [4.69, 9.17) is 14.2 Å². The van der Waals surface area contributed by atoms with Crippen LogP contribution in [0.1, 0.15) is 12.5 Å². The molecular weight excluding hydrogens is 218 g/mol. The molecule has 0 aliphatic carbocycles. The van der Waals surface area contributed by atoms with Crippen molar-refractivity contribution in [2.45, 2.75) is 19.5 Å². The van der Waals surface area contributed by atoms with E-state index in [1.807, 2.05) is 18.2 Å². The lowest BCUT2D eigenvalue weighted by Crippen LogP contribution is -2.29. The second-order valence-electron chi connectivity index (χ2n) is 3.92. The molecule has 4 heteroatoms. The van der Waals surface area contributed by atoms with E-state index in [0.717, 1.165) is 23.6 Å². The predicted octanol–water partition coefficient (Wildman–Crippen LogP) is 1.83. The number of hydrogen-bond acceptors (Lipinski definition) is 4. The molecule has 0 aliphatic rings. The Bertz CT molecular complexity index is 341. The zero-order valence-electron chi connectivity index (χ0n) is 10.9. The molecule has 1 atom stereocenters. The molecule has 0 aromatic heterocycles. The van der Waals surface area contributed by atoms with E-state index >= 15 is 0 Å². The maximum Gasteiger partial charge on any atom is 0.123 e. The van der Waals surface area contributed by atoms with Crippen molar-refractivity contribution in [1.29, 1.82) is 0 Å². The van der Waals surface area contributed by atoms with Crippen molar-refractivity contribution in [3.63, 3.8) is 0 Å². The van der Waals surface area contributed by atoms with Gasteiger partial charge in [0.05, 0.1) is 20.8 Å². The van der Waals surface area contributed by atoms with Crippen LogP contribution in [0.5, 0.6) is 11.5 Å². The van der Waals surface area contributed by atoms with Gasteiger partial charge < -0.3 is 19.5 Å². The van der Waals surface area contributed by atoms with Crippen LogP contribution in [-0.4, -0.2) is 34.0 Å². The van der Waals surface area contributed by atoms with Crippen molar-refractivity contribution in [3.8, 4) is 11.5 Å². The predicted molar refractivity (Wildman–Crippen MR) is 67.7 cm³/mol. The van der Waals surface area contributed by atoms with E-state index in [1.54, 1.807) is 21.3 Å². The minimum atomic E-state index is 0.302. The van der Waals surface area contributed by atoms with Crippen LogP contribution in [0.25, 0.3) is 0 Å². The first-order valence-electron chi connectivity index (χ1n) is 5.64. The first-order chi connectivity index (χ1) is 8.21. The number of nitrogens with one attached hydrogen (secondary N) is 1. The van der Waals surface area contributed by atoms with Gasteiger partial charge in [0.25, 0.3) is 0 Å². The van der Waals surface area contributed by atoms with Crippen molar-refractivity contribution in [2.75, 3.05) is 27.9 Å². The lowest BCUT2D eigenvalue weighted by atomic mass is 10.1. The van der Waals surface area contributed by atoms with Crippen molar-refractivity contribution >= 4 is 0 Å². The van der Waals surface area contributed by atoms with Crippen molar-refractivity contribution in [3.05, 3.63) is 23.8 Å². The molecule has 96 valence electrons. The highest BCUT2D eigenvalue weighted by molar-refractivity contribution is 5.40. The highest BCUT2D eigenvalue weighted by Crippen LogP contribution is 2.23. The molecule has 0 saturated carbocycles. The van der Waals surface area contributed by atoms with Gasteiger partial charge in [0.2, 0.25) is 0 Å². The van der Waals surface area contributed by atoms with Crippen LogP contribution in [0.3, 0.4) is 0 Å². The van der Waals surface area contributed by atoms with E-state index in [-0.39, 0.29) is 0 Å². The molecule has 1 rings (SSSR count). The Morgan fingerprint density at radius 2 is 1.94 bits per heavy atom. The van der Waals surface area contributed by atoms with Crippen molar-refractivity contribution in [1.82, 2.24) is 5.32 Å². The Labute approximate surface area is 103 Å². The summed E-state index contributed by atoms with van der Waals surface area (Å²) >= 11 is 0. The summed E-state index contributed by atoms with van der Waals surface area (Å²) in [7, 11) is 5.03. The van der Waals surface area contributed by atoms with Crippen LogP contribution in [-0.2, 0) is 11.3 Å². The molecule has 0 unspecified atom stereocenters. The van der Waals surface area contributed by atoms with Gasteiger partial charge in [0.1, 0.15) is 11.5 Å². The molecule has 1 aromatic carbocycles. The Balaban J connectivity index is 2.67. The minimum absolute atomic E-state index is 0.302. The highest BCUT2D eigenvalue weighted by Gasteiger charge is 2.07. The number of rotatable bonds is 7. The summed E-state index contributed by atoms with van der Waals surface area (Å²) in [5.74, 6) is 1.70. The second-order valence-corrected chi connectivity index (χ2v) is 3.92. The fourth-order valence-corrected chi connectivity index (χ4v) is 1.61. The molecule has 0 amide bonds. The first-order valence-corrected chi connectivity index (χ1v) is 5.64. The Kier molecular flexibility index (Phi) is 5.80. The van der Waals surface area contributed by atoms with E-state index in [1.165, 1.54) is 0 Å². The van der Waals surface area contributed by atoms with Crippen LogP contribution in [0.4, 0.5) is 0 Å². The summed E-state index contributed by atoms with van der Waals surface area (Å²) < 4.78 is 15.6. The van der Waals surface area contributed by atoms with E-state index in [9.17, 15) is 0 Å². The van der Waals surface area contributed by atoms with Crippen molar-refractivity contribution < 1.29 is 14.2 Å². The van der Waals surface area contributed by atoms with Gasteiger partial charge in [0.15, 0.2) is 0 Å². The largest absolute Gasteiger partial charge is 0.497 e. The highest BCUT2D eigenvalue weighted by atomic mass is 16.5. The summed E-state index contributed by atoms with van der Waals surface area (Å²) in [4.78, 5) is 0. The van der Waals surface area contributed by atoms with E-state index < -0.39 is 0 Å². The Morgan fingerprint density at radius 3 is 2.53 bits per heavy atom. The van der Waals surface area contributed by atoms with Gasteiger partial charge in [-0.05, 0) is 25.1 Å². The van der Waals surface area contributed by atoms with Gasteiger partial charge in [-0.3, -0.25) is 0 Å². The average Bonchev–Trinajstić information content (AvgIpc) is 2.36. The SMILES string of the molecule is COC[C@H](C)NCc1cc(OC)ccc1OC. The third-order valence-electron chi connectivity index (χ3n) is 2.55. The maximum atomic E-state index is 5.31. The van der Waals surface area contributed by atoms with Gasteiger partial charge in [-0.1, -0.05) is 0 Å². The second kappa shape index (κ2) is 7.14. The fourth-order valence-electron chi connectivity index (χ4n) is 1.61. The van der Waals surface area contributed by atoms with Crippen molar-refractivity contribution in [2.24, 2.45) is 0 Å². The van der Waals surface area contributed by atoms with Crippen LogP contribution in [0, 0.1) is 0 Å². The molecule has 0 bridgehead atoms. The first kappa shape index (κ1) is 13.8. The summed E-state index contributed by atoms with van der Waals surface area (Å²) in [5.41, 5.74) is 1.08. The van der Waals surface area contributed by atoms with Crippen LogP contribution in [0.15, 0.2) is 18.2 Å². The molecule has 4 nitrogen and oxygen atoms in total. The smallest absolute Gasteiger partial charge is 0.123 e. The normalized spacial score (nSPS) is 12.2. The van der Waals surface area contributed by atoms with Gasteiger partial charge in [-0.25, -0.2) is 0 Å². The zero-order valence-corrected chi connectivity index (χ0v) is 10.9. The quantitative estimate of drug-likeness (QED) is 0.788. The van der Waals surface area contributed by atoms with Gasteiger partial charge >= 0.3 is 0 Å². The number of methoxy groups -OCH3 is 3. The maximum absolute atomic E-state index is 5.31. The number of benzene rings is 1. The lowest BCUT2D eigenvalue weighted by molar-refractivity contribution is 0.171. The topological polar surface area (TPSA) is 39.7 Å². The molecule has 0 fully saturated rings. The summed E-state index contributed by atoms with van der Waals surface area (Å²) in [6.07, 6.45) is 0. The average molecular weight is 239 g/mol. The number of hydrogen-bond donors (Lipinski definition) is 1. The molecular formula is C13H21NO3. The lowest BCUT2D eigenvalue weighted by Gasteiger charge is -2.15. The Hall–Kier alpha value is -1.26. The van der Waals surface area contributed by atoms with E-state index in [0.29, 0.717) is 12.6 Å². The fraction of sp³-hybridized carbons (Fsp3) is 0.538. The van der Waals surface area contributed by atoms with Gasteiger partial charge in [0, 0.05) is 25.3 Å². The summed E-state index contributed by atoms with van der Waals surface area (Å²) in [5, 5.41) is 3.37. The molecule has 0 radical (unpaired) electrons. The van der Waals surface area contributed by atoms with Gasteiger partial charge in [-0.15, -0.1) is 0 Å². The Morgan fingerprint density at radius 1 is 1.18 bits per heavy atom. The molecule has 0 saturated heterocycles. The van der Waals surface area contributed by atoms with Crippen LogP contribution >= 0.6 is 0 Å². The monoisotopic (exact) mass is 239 g/mol. The summed E-state index contributed by atoms with van der Waals surface area (Å²) in [6.45, 7) is 3.49. The third-order valence-corrected chi connectivity index (χ3v) is 2.55. The van der Waals surface area contributed by atoms with E-state index in [2.05, 4.69) is 12.2 Å². The third kappa shape index (κ3) is 4.24. The van der Waals surface area contributed by atoms with Crippen LogP contribution < -0.4 is 14.8 Å². The zero-order chi connectivity index (χ0) is 12.7. The molecule has 0 aliphatic heterocycles. The molecule has 1 N–H and O–H groups in total. The molecule has 1 aromatic rings. The standard InChI is InChI=1S/C13H21NO3/c1-10(9-15-2)14-8-11-7-12(16-3)5-6-13(11)17-4/h5-7,10,14H,8-9H2,1-4H3/t10-/m0/s1. The minimum Gasteiger partial charge on any atom is -0.497 e. The molecule has 0 spiro atoms. The number of ether oxygens (including phenoxy) is 3. The summed E-state index contributed by atoms with van der Waals surface area (Å²) in [6, 6.07) is 6.08. The van der Waals surface area contributed by atoms with Gasteiger partial charge in [-0.2, -0.15) is 0 Å². The molecule has 0 heterocycles. The van der Waals surface area contributed by atoms with Crippen LogP contribution in [0.2, 0.25) is 0 Å². The molecule has 17 heavy (non-hydrogen) atoms.